The van der Waals surface area contributed by atoms with Crippen LogP contribution in [0.25, 0.3) is 92.9 Å². The minimum Gasteiger partial charge on any atom is -0.454 e. The van der Waals surface area contributed by atoms with Crippen LogP contribution < -0.4 is 9.64 Å². The van der Waals surface area contributed by atoms with Gasteiger partial charge in [0.15, 0.2) is 17.1 Å². The molecular weight excluding hydrogens is 709 g/mol. The molecule has 2 aromatic heterocycles. The second kappa shape index (κ2) is 11.8. The molecule has 0 saturated carbocycles. The first-order valence-electron chi connectivity index (χ1n) is 19.8. The zero-order valence-corrected chi connectivity index (χ0v) is 31.2. The molecule has 12 aromatic rings. The molecule has 0 amide bonds. The molecular formula is C54H32N2O2. The van der Waals surface area contributed by atoms with Crippen LogP contribution in [0.15, 0.2) is 199 Å². The lowest BCUT2D eigenvalue weighted by atomic mass is 9.94. The lowest BCUT2D eigenvalue weighted by Gasteiger charge is -2.33. The molecule has 0 unspecified atom stereocenters. The van der Waals surface area contributed by atoms with E-state index in [4.69, 9.17) is 9.15 Å². The smallest absolute Gasteiger partial charge is 0.159 e. The fraction of sp³-hybridized carbons (Fsp3) is 0. The summed E-state index contributed by atoms with van der Waals surface area (Å²) < 4.78 is 15.7. The van der Waals surface area contributed by atoms with Crippen molar-refractivity contribution >= 4 is 93.1 Å². The van der Waals surface area contributed by atoms with E-state index in [0.29, 0.717) is 0 Å². The maximum Gasteiger partial charge on any atom is 0.159 e. The van der Waals surface area contributed by atoms with Gasteiger partial charge in [-0.05, 0) is 110 Å². The molecule has 1 aliphatic rings. The van der Waals surface area contributed by atoms with Crippen LogP contribution in [-0.4, -0.2) is 4.57 Å². The molecule has 0 N–H and O–H groups in total. The number of fused-ring (bicyclic) bond motifs is 14. The van der Waals surface area contributed by atoms with E-state index in [1.165, 1.54) is 54.1 Å². The Morgan fingerprint density at radius 3 is 1.74 bits per heavy atom. The van der Waals surface area contributed by atoms with Crippen LogP contribution in [0.4, 0.5) is 17.1 Å². The lowest BCUT2D eigenvalue weighted by Crippen LogP contribution is -2.16. The zero-order chi connectivity index (χ0) is 37.9. The molecule has 0 fully saturated rings. The standard InChI is InChI=1S/C54H32N2O2/c1-2-14-38-36(12-1)37-13-3-4-15-39(37)44-32-35(26-27-40(38)44)55-46-19-7-5-16-41(46)45-30-33(24-28-47(45)55)34-25-29-49-53(31-34)57-52-23-10-8-20-48(52)56(49)50-21-11-18-43-42-17-6-9-22-51(42)58-54(43)50/h1-32H. The van der Waals surface area contributed by atoms with Crippen LogP contribution in [0, 0.1) is 0 Å². The van der Waals surface area contributed by atoms with E-state index in [-0.39, 0.29) is 0 Å². The normalized spacial score (nSPS) is 12.6. The molecule has 4 heteroatoms. The van der Waals surface area contributed by atoms with E-state index < -0.39 is 0 Å². The van der Waals surface area contributed by atoms with Crippen molar-refractivity contribution in [3.8, 4) is 28.3 Å². The molecule has 3 heterocycles. The number of hydrogen-bond acceptors (Lipinski definition) is 3. The molecule has 13 rings (SSSR count). The van der Waals surface area contributed by atoms with Crippen molar-refractivity contribution in [1.82, 2.24) is 4.57 Å². The summed E-state index contributed by atoms with van der Waals surface area (Å²) in [6.07, 6.45) is 0. The van der Waals surface area contributed by atoms with E-state index in [9.17, 15) is 0 Å². The SMILES string of the molecule is c1ccc2c(c1)Oc1cc(-c3ccc4c(c3)c3ccccc3n4-c3ccc4c5ccccc5c5ccccc5c4c3)ccc1N2c1cccc2c1oc1ccccc12. The van der Waals surface area contributed by atoms with Gasteiger partial charge in [0.25, 0.3) is 0 Å². The number of hydrogen-bond donors (Lipinski definition) is 0. The Bertz CT molecular complexity index is 3650. The summed E-state index contributed by atoms with van der Waals surface area (Å²) in [4.78, 5) is 2.27. The van der Waals surface area contributed by atoms with Crippen LogP contribution in [-0.2, 0) is 0 Å². The predicted molar refractivity (Wildman–Crippen MR) is 241 cm³/mol. The zero-order valence-electron chi connectivity index (χ0n) is 31.2. The van der Waals surface area contributed by atoms with Crippen LogP contribution in [0.3, 0.4) is 0 Å². The number of rotatable bonds is 3. The molecule has 0 saturated heterocycles. The Kier molecular flexibility index (Phi) is 6.41. The van der Waals surface area contributed by atoms with E-state index >= 15 is 0 Å². The number of ether oxygens (including phenoxy) is 1. The highest BCUT2D eigenvalue weighted by Gasteiger charge is 2.29. The molecule has 1 aliphatic heterocycles. The highest BCUT2D eigenvalue weighted by molar-refractivity contribution is 6.25. The number of para-hydroxylation sites is 5. The summed E-state index contributed by atoms with van der Waals surface area (Å²) in [5.74, 6) is 1.60. The van der Waals surface area contributed by atoms with Crippen molar-refractivity contribution in [2.75, 3.05) is 4.90 Å². The van der Waals surface area contributed by atoms with Gasteiger partial charge in [-0.3, -0.25) is 4.90 Å². The number of aromatic nitrogens is 1. The van der Waals surface area contributed by atoms with E-state index in [1.807, 2.05) is 24.3 Å². The first kappa shape index (κ1) is 31.4. The summed E-state index contributed by atoms with van der Waals surface area (Å²) in [5.41, 5.74) is 10.3. The quantitative estimate of drug-likeness (QED) is 0.169. The van der Waals surface area contributed by atoms with Crippen molar-refractivity contribution in [2.45, 2.75) is 0 Å². The number of benzene rings is 10. The van der Waals surface area contributed by atoms with Crippen molar-refractivity contribution in [3.63, 3.8) is 0 Å². The van der Waals surface area contributed by atoms with Crippen molar-refractivity contribution < 1.29 is 9.15 Å². The Morgan fingerprint density at radius 2 is 0.914 bits per heavy atom. The average molecular weight is 741 g/mol. The van der Waals surface area contributed by atoms with E-state index in [2.05, 4.69) is 179 Å². The predicted octanol–water partition coefficient (Wildman–Crippen LogP) is 15.4. The monoisotopic (exact) mass is 740 g/mol. The fourth-order valence-electron chi connectivity index (χ4n) is 9.57. The van der Waals surface area contributed by atoms with E-state index in [0.717, 1.165) is 67.3 Å². The van der Waals surface area contributed by atoms with Gasteiger partial charge in [0, 0.05) is 27.2 Å². The van der Waals surface area contributed by atoms with Gasteiger partial charge in [0.05, 0.1) is 28.1 Å². The topological polar surface area (TPSA) is 30.5 Å². The van der Waals surface area contributed by atoms with Crippen LogP contribution in [0.5, 0.6) is 11.5 Å². The molecule has 0 spiro atoms. The number of nitrogens with zero attached hydrogens (tertiary/aromatic N) is 2. The summed E-state index contributed by atoms with van der Waals surface area (Å²) in [6, 6.07) is 69.5. The third kappa shape index (κ3) is 4.40. The van der Waals surface area contributed by atoms with E-state index in [1.54, 1.807) is 0 Å². The van der Waals surface area contributed by atoms with Gasteiger partial charge in [-0.25, -0.2) is 0 Å². The van der Waals surface area contributed by atoms with Crippen molar-refractivity contribution in [2.24, 2.45) is 0 Å². The van der Waals surface area contributed by atoms with Gasteiger partial charge in [-0.1, -0.05) is 127 Å². The molecule has 10 aromatic carbocycles. The molecule has 4 nitrogen and oxygen atoms in total. The Morgan fingerprint density at radius 1 is 0.328 bits per heavy atom. The first-order chi connectivity index (χ1) is 28.8. The van der Waals surface area contributed by atoms with Gasteiger partial charge in [-0.15, -0.1) is 0 Å². The summed E-state index contributed by atoms with van der Waals surface area (Å²) >= 11 is 0. The van der Waals surface area contributed by atoms with Crippen molar-refractivity contribution in [3.05, 3.63) is 194 Å². The minimum atomic E-state index is 0.794. The molecule has 0 aliphatic carbocycles. The lowest BCUT2D eigenvalue weighted by molar-refractivity contribution is 0.477. The second-order valence-electron chi connectivity index (χ2n) is 15.2. The number of furan rings is 1. The third-order valence-corrected chi connectivity index (χ3v) is 12.1. The van der Waals surface area contributed by atoms with Crippen LogP contribution in [0.1, 0.15) is 0 Å². The Hall–Kier alpha value is -7.82. The Labute approximate surface area is 333 Å². The highest BCUT2D eigenvalue weighted by atomic mass is 16.5. The van der Waals surface area contributed by atoms with Gasteiger partial charge in [-0.2, -0.15) is 0 Å². The van der Waals surface area contributed by atoms with Crippen molar-refractivity contribution in [1.29, 1.82) is 0 Å². The highest BCUT2D eigenvalue weighted by Crippen LogP contribution is 2.53. The van der Waals surface area contributed by atoms with Crippen LogP contribution in [0.2, 0.25) is 0 Å². The van der Waals surface area contributed by atoms with Gasteiger partial charge in [0.1, 0.15) is 5.58 Å². The molecule has 0 bridgehead atoms. The maximum absolute atomic E-state index is 6.70. The molecule has 0 radical (unpaired) electrons. The molecule has 0 atom stereocenters. The Balaban J connectivity index is 0.967. The third-order valence-electron chi connectivity index (χ3n) is 12.1. The maximum atomic E-state index is 6.70. The van der Waals surface area contributed by atoms with Gasteiger partial charge >= 0.3 is 0 Å². The first-order valence-corrected chi connectivity index (χ1v) is 19.8. The molecule has 58 heavy (non-hydrogen) atoms. The summed E-state index contributed by atoms with van der Waals surface area (Å²) in [7, 11) is 0. The largest absolute Gasteiger partial charge is 0.454 e. The summed E-state index contributed by atoms with van der Waals surface area (Å²) in [5, 5.41) is 12.3. The molecule has 270 valence electrons. The van der Waals surface area contributed by atoms with Crippen LogP contribution >= 0.6 is 0 Å². The van der Waals surface area contributed by atoms with Gasteiger partial charge < -0.3 is 13.7 Å². The second-order valence-corrected chi connectivity index (χ2v) is 15.2. The van der Waals surface area contributed by atoms with Gasteiger partial charge in [0.2, 0.25) is 0 Å². The minimum absolute atomic E-state index is 0.794. The fourth-order valence-corrected chi connectivity index (χ4v) is 9.57. The summed E-state index contributed by atoms with van der Waals surface area (Å²) in [6.45, 7) is 0. The average Bonchev–Trinajstić information content (AvgIpc) is 3.84. The number of anilines is 3.